The van der Waals surface area contributed by atoms with Crippen LogP contribution >= 0.6 is 0 Å². The number of nitrogens with one attached hydrogen (secondary N) is 1. The molecule has 0 aliphatic heterocycles. The van der Waals surface area contributed by atoms with Crippen molar-refractivity contribution >= 4 is 0 Å². The largest absolute Gasteiger partial charge is 0.311 e. The van der Waals surface area contributed by atoms with E-state index in [-0.39, 0.29) is 6.04 Å². The van der Waals surface area contributed by atoms with Crippen LogP contribution in [0.25, 0.3) is 0 Å². The number of fused-ring (bicyclic) bond motifs is 1. The molecule has 2 heterocycles. The molecule has 0 bridgehead atoms. The molecule has 2 aromatic rings. The van der Waals surface area contributed by atoms with E-state index in [2.05, 4.69) is 40.5 Å². The highest BCUT2D eigenvalue weighted by molar-refractivity contribution is 5.30. The number of hydrogen-bond donors (Lipinski definition) is 1. The zero-order chi connectivity index (χ0) is 14.8. The topological polar surface area (TPSA) is 42.7 Å². The summed E-state index contributed by atoms with van der Waals surface area (Å²) in [6.45, 7) is 2.15. The van der Waals surface area contributed by atoms with E-state index in [0.29, 0.717) is 5.92 Å². The second-order valence-corrected chi connectivity index (χ2v) is 5.85. The van der Waals surface area contributed by atoms with Gasteiger partial charge in [0.25, 0.3) is 0 Å². The van der Waals surface area contributed by atoms with Crippen molar-refractivity contribution in [2.24, 2.45) is 7.05 Å². The van der Waals surface area contributed by atoms with Crippen LogP contribution in [-0.2, 0) is 19.9 Å². The first-order chi connectivity index (χ1) is 10.2. The lowest BCUT2D eigenvalue weighted by molar-refractivity contribution is 0.397. The Labute approximate surface area is 126 Å². The van der Waals surface area contributed by atoms with Crippen LogP contribution in [0.2, 0.25) is 0 Å². The molecular weight excluding hydrogens is 260 g/mol. The lowest BCUT2D eigenvalue weighted by Gasteiger charge is -2.31. The summed E-state index contributed by atoms with van der Waals surface area (Å²) in [7, 11) is 4.08. The molecule has 4 nitrogen and oxygen atoms in total. The average molecular weight is 284 g/mol. The number of hydrogen-bond acceptors (Lipinski definition) is 3. The van der Waals surface area contributed by atoms with Crippen LogP contribution in [0.5, 0.6) is 0 Å². The van der Waals surface area contributed by atoms with Crippen LogP contribution in [0.15, 0.2) is 24.4 Å². The summed E-state index contributed by atoms with van der Waals surface area (Å²) in [4.78, 5) is 4.68. The van der Waals surface area contributed by atoms with E-state index < -0.39 is 0 Å². The first-order valence-corrected chi connectivity index (χ1v) is 7.88. The standard InChI is InChI=1S/C17H24N4/c1-4-13-11-15(21(3)20-13)17(18-2)14-9-5-7-12-8-6-10-19-16(12)14/h6,8,10-11,14,17-18H,4-5,7,9H2,1-3H3. The molecule has 4 heteroatoms. The molecule has 2 atom stereocenters. The van der Waals surface area contributed by atoms with E-state index in [4.69, 9.17) is 0 Å². The molecule has 2 aromatic heterocycles. The van der Waals surface area contributed by atoms with E-state index in [1.54, 1.807) is 0 Å². The Morgan fingerprint density at radius 2 is 2.33 bits per heavy atom. The highest BCUT2D eigenvalue weighted by atomic mass is 15.3. The SMILES string of the molecule is CCc1cc(C(NC)C2CCCc3cccnc32)n(C)n1. The van der Waals surface area contributed by atoms with E-state index in [0.717, 1.165) is 18.5 Å². The van der Waals surface area contributed by atoms with Crippen molar-refractivity contribution in [1.82, 2.24) is 20.1 Å². The Balaban J connectivity index is 1.99. The fourth-order valence-electron chi connectivity index (χ4n) is 3.53. The molecule has 0 saturated carbocycles. The molecule has 1 aliphatic carbocycles. The van der Waals surface area contributed by atoms with Gasteiger partial charge in [-0.1, -0.05) is 13.0 Å². The van der Waals surface area contributed by atoms with Gasteiger partial charge in [0.05, 0.1) is 17.4 Å². The number of likely N-dealkylation sites (N-methyl/N-ethyl adjacent to an activating group) is 1. The van der Waals surface area contributed by atoms with Crippen molar-refractivity contribution in [2.45, 2.75) is 44.6 Å². The predicted octanol–water partition coefficient (Wildman–Crippen LogP) is 2.76. The minimum Gasteiger partial charge on any atom is -0.311 e. The third kappa shape index (κ3) is 2.60. The molecule has 1 aliphatic rings. The molecule has 2 unspecified atom stereocenters. The fraction of sp³-hybridized carbons (Fsp3) is 0.529. The lowest BCUT2D eigenvalue weighted by Crippen LogP contribution is -2.29. The van der Waals surface area contributed by atoms with Crippen LogP contribution < -0.4 is 5.32 Å². The number of aryl methyl sites for hydroxylation is 3. The zero-order valence-electron chi connectivity index (χ0n) is 13.1. The van der Waals surface area contributed by atoms with Crippen molar-refractivity contribution in [3.05, 3.63) is 47.0 Å². The summed E-state index contributed by atoms with van der Waals surface area (Å²) in [5.41, 5.74) is 5.09. The number of nitrogens with zero attached hydrogens (tertiary/aromatic N) is 3. The molecule has 1 N–H and O–H groups in total. The number of aromatic nitrogens is 3. The van der Waals surface area contributed by atoms with E-state index >= 15 is 0 Å². The first-order valence-electron chi connectivity index (χ1n) is 7.88. The van der Waals surface area contributed by atoms with E-state index in [9.17, 15) is 0 Å². The van der Waals surface area contributed by atoms with Crippen LogP contribution in [0, 0.1) is 0 Å². The van der Waals surface area contributed by atoms with Gasteiger partial charge in [-0.3, -0.25) is 9.67 Å². The molecule has 0 radical (unpaired) electrons. The second-order valence-electron chi connectivity index (χ2n) is 5.85. The highest BCUT2D eigenvalue weighted by Gasteiger charge is 2.31. The molecule has 0 spiro atoms. The predicted molar refractivity (Wildman–Crippen MR) is 84.3 cm³/mol. The minimum absolute atomic E-state index is 0.275. The van der Waals surface area contributed by atoms with Gasteiger partial charge in [0.15, 0.2) is 0 Å². The van der Waals surface area contributed by atoms with Crippen molar-refractivity contribution in [3.63, 3.8) is 0 Å². The molecule has 0 saturated heterocycles. The van der Waals surface area contributed by atoms with E-state index in [1.807, 2.05) is 25.0 Å². The Morgan fingerprint density at radius 3 is 3.05 bits per heavy atom. The Bertz CT molecular complexity index is 617. The van der Waals surface area contributed by atoms with Gasteiger partial charge in [-0.2, -0.15) is 5.10 Å². The molecular formula is C17H24N4. The van der Waals surface area contributed by atoms with Crippen LogP contribution in [0.4, 0.5) is 0 Å². The van der Waals surface area contributed by atoms with Crippen molar-refractivity contribution in [1.29, 1.82) is 0 Å². The van der Waals surface area contributed by atoms with Gasteiger partial charge < -0.3 is 5.32 Å². The quantitative estimate of drug-likeness (QED) is 0.939. The van der Waals surface area contributed by atoms with Gasteiger partial charge in [0, 0.05) is 24.9 Å². The van der Waals surface area contributed by atoms with Crippen LogP contribution in [0.1, 0.15) is 54.4 Å². The van der Waals surface area contributed by atoms with Crippen molar-refractivity contribution in [3.8, 4) is 0 Å². The van der Waals surface area contributed by atoms with Crippen LogP contribution in [-0.4, -0.2) is 21.8 Å². The van der Waals surface area contributed by atoms with Crippen LogP contribution in [0.3, 0.4) is 0 Å². The lowest BCUT2D eigenvalue weighted by atomic mass is 9.81. The molecule has 0 amide bonds. The summed E-state index contributed by atoms with van der Waals surface area (Å²) < 4.78 is 2.03. The fourth-order valence-corrected chi connectivity index (χ4v) is 3.53. The number of rotatable bonds is 4. The summed E-state index contributed by atoms with van der Waals surface area (Å²) in [5.74, 6) is 0.431. The maximum absolute atomic E-state index is 4.68. The highest BCUT2D eigenvalue weighted by Crippen LogP contribution is 2.39. The zero-order valence-corrected chi connectivity index (χ0v) is 13.1. The van der Waals surface area contributed by atoms with Gasteiger partial charge in [-0.15, -0.1) is 0 Å². The molecule has 21 heavy (non-hydrogen) atoms. The minimum atomic E-state index is 0.275. The molecule has 0 aromatic carbocycles. The Hall–Kier alpha value is -1.68. The van der Waals surface area contributed by atoms with Crippen molar-refractivity contribution < 1.29 is 0 Å². The molecule has 112 valence electrons. The Kier molecular flexibility index (Phi) is 4.06. The van der Waals surface area contributed by atoms with Crippen molar-refractivity contribution in [2.75, 3.05) is 7.05 Å². The third-order valence-corrected chi connectivity index (χ3v) is 4.60. The summed E-state index contributed by atoms with van der Waals surface area (Å²) in [6.07, 6.45) is 6.47. The van der Waals surface area contributed by atoms with Gasteiger partial charge in [-0.05, 0) is 50.4 Å². The normalized spacial score (nSPS) is 19.3. The summed E-state index contributed by atoms with van der Waals surface area (Å²) in [6, 6.07) is 6.78. The Morgan fingerprint density at radius 1 is 1.48 bits per heavy atom. The molecule has 3 rings (SSSR count). The van der Waals surface area contributed by atoms with Gasteiger partial charge in [0.1, 0.15) is 0 Å². The van der Waals surface area contributed by atoms with Gasteiger partial charge >= 0.3 is 0 Å². The monoisotopic (exact) mass is 284 g/mol. The average Bonchev–Trinajstić information content (AvgIpc) is 2.89. The van der Waals surface area contributed by atoms with E-state index in [1.165, 1.54) is 29.8 Å². The van der Waals surface area contributed by atoms with Gasteiger partial charge in [-0.25, -0.2) is 0 Å². The maximum atomic E-state index is 4.68. The first kappa shape index (κ1) is 14.3. The summed E-state index contributed by atoms with van der Waals surface area (Å²) in [5, 5.41) is 8.11. The smallest absolute Gasteiger partial charge is 0.0625 e. The number of pyridine rings is 1. The molecule has 0 fully saturated rings. The second kappa shape index (κ2) is 5.98. The summed E-state index contributed by atoms with van der Waals surface area (Å²) >= 11 is 0. The maximum Gasteiger partial charge on any atom is 0.0625 e. The third-order valence-electron chi connectivity index (χ3n) is 4.60. The van der Waals surface area contributed by atoms with Gasteiger partial charge in [0.2, 0.25) is 0 Å².